The van der Waals surface area contributed by atoms with Crippen molar-refractivity contribution in [3.05, 3.63) is 51.0 Å². The summed E-state index contributed by atoms with van der Waals surface area (Å²) in [5, 5.41) is 3.05. The Morgan fingerprint density at radius 1 is 1.14 bits per heavy atom. The lowest BCUT2D eigenvalue weighted by Gasteiger charge is -2.35. The summed E-state index contributed by atoms with van der Waals surface area (Å²) in [5.74, 6) is 1.04. The molecule has 4 aromatic rings. The fourth-order valence-corrected chi connectivity index (χ4v) is 5.30. The molecule has 1 fully saturated rings. The smallest absolute Gasteiger partial charge is 0.258 e. The summed E-state index contributed by atoms with van der Waals surface area (Å²) in [6.45, 7) is 6.52. The van der Waals surface area contributed by atoms with E-state index in [1.165, 1.54) is 16.2 Å². The van der Waals surface area contributed by atoms with E-state index in [-0.39, 0.29) is 5.56 Å². The van der Waals surface area contributed by atoms with E-state index in [1.807, 2.05) is 5.38 Å². The highest BCUT2D eigenvalue weighted by molar-refractivity contribution is 7.18. The zero-order valence-corrected chi connectivity index (χ0v) is 17.2. The van der Waals surface area contributed by atoms with E-state index in [4.69, 9.17) is 0 Å². The highest BCUT2D eigenvalue weighted by Gasteiger charge is 2.21. The number of thiazole rings is 1. The lowest BCUT2D eigenvalue weighted by molar-refractivity contribution is 0.247. The normalized spacial score (nSPS) is 15.7. The summed E-state index contributed by atoms with van der Waals surface area (Å²) in [6.07, 6.45) is 4.47. The molecule has 0 atom stereocenters. The highest BCUT2D eigenvalue weighted by Crippen LogP contribution is 2.31. The number of aryl methyl sites for hydroxylation is 1. The van der Waals surface area contributed by atoms with Crippen molar-refractivity contribution >= 4 is 43.7 Å². The minimum absolute atomic E-state index is 0.00699. The third-order valence-electron chi connectivity index (χ3n) is 5.12. The van der Waals surface area contributed by atoms with E-state index >= 15 is 0 Å². The molecule has 9 heteroatoms. The lowest BCUT2D eigenvalue weighted by atomic mass is 10.2. The second-order valence-electron chi connectivity index (χ2n) is 6.89. The van der Waals surface area contributed by atoms with Gasteiger partial charge < -0.3 is 4.90 Å². The van der Waals surface area contributed by atoms with Crippen LogP contribution in [0.25, 0.3) is 15.2 Å². The Balaban J connectivity index is 1.31. The SMILES string of the molecule is CCc1cc2c(N3CCN(Cc4cc(=O)n5ccsc5n4)CC3)ncnc2s1. The van der Waals surface area contributed by atoms with Crippen molar-refractivity contribution < 1.29 is 0 Å². The molecular weight excluding hydrogens is 392 g/mol. The molecule has 0 aromatic carbocycles. The fraction of sp³-hybridized carbons (Fsp3) is 0.368. The van der Waals surface area contributed by atoms with Gasteiger partial charge in [-0.1, -0.05) is 6.92 Å². The third-order valence-corrected chi connectivity index (χ3v) is 7.07. The molecule has 144 valence electrons. The molecule has 0 bridgehead atoms. The number of fused-ring (bicyclic) bond motifs is 2. The maximum atomic E-state index is 12.2. The number of anilines is 1. The van der Waals surface area contributed by atoms with Crippen molar-refractivity contribution in [1.82, 2.24) is 24.3 Å². The van der Waals surface area contributed by atoms with Gasteiger partial charge in [0.1, 0.15) is 17.0 Å². The number of nitrogens with zero attached hydrogens (tertiary/aromatic N) is 6. The first-order valence-electron chi connectivity index (χ1n) is 9.38. The fourth-order valence-electron chi connectivity index (χ4n) is 3.63. The van der Waals surface area contributed by atoms with Crippen molar-refractivity contribution in [2.75, 3.05) is 31.1 Å². The van der Waals surface area contributed by atoms with Crippen molar-refractivity contribution in [1.29, 1.82) is 0 Å². The largest absolute Gasteiger partial charge is 0.353 e. The van der Waals surface area contributed by atoms with Crippen LogP contribution in [0.4, 0.5) is 5.82 Å². The number of aromatic nitrogens is 4. The minimum Gasteiger partial charge on any atom is -0.353 e. The summed E-state index contributed by atoms with van der Waals surface area (Å²) < 4.78 is 1.60. The van der Waals surface area contributed by atoms with Gasteiger partial charge in [-0.2, -0.15) is 0 Å². The summed E-state index contributed by atoms with van der Waals surface area (Å²) in [6, 6.07) is 3.88. The molecular formula is C19H20N6OS2. The number of hydrogen-bond acceptors (Lipinski definition) is 8. The van der Waals surface area contributed by atoms with Crippen LogP contribution in [0.1, 0.15) is 17.5 Å². The van der Waals surface area contributed by atoms with E-state index in [0.29, 0.717) is 6.54 Å². The predicted molar refractivity (Wildman–Crippen MR) is 114 cm³/mol. The monoisotopic (exact) mass is 412 g/mol. The van der Waals surface area contributed by atoms with Gasteiger partial charge in [-0.15, -0.1) is 22.7 Å². The molecule has 0 saturated carbocycles. The molecule has 0 unspecified atom stereocenters. The molecule has 0 N–H and O–H groups in total. The van der Waals surface area contributed by atoms with Gasteiger partial charge >= 0.3 is 0 Å². The number of hydrogen-bond donors (Lipinski definition) is 0. The molecule has 0 radical (unpaired) electrons. The van der Waals surface area contributed by atoms with Crippen LogP contribution < -0.4 is 10.5 Å². The Labute approximate surface area is 169 Å². The third kappa shape index (κ3) is 3.19. The van der Waals surface area contributed by atoms with Gasteiger partial charge in [-0.25, -0.2) is 15.0 Å². The number of piperazine rings is 1. The van der Waals surface area contributed by atoms with Crippen molar-refractivity contribution in [2.24, 2.45) is 0 Å². The van der Waals surface area contributed by atoms with Crippen LogP contribution >= 0.6 is 22.7 Å². The average Bonchev–Trinajstić information content (AvgIpc) is 3.35. The Hall–Kier alpha value is -2.36. The van der Waals surface area contributed by atoms with Crippen LogP contribution in [-0.4, -0.2) is 50.4 Å². The Morgan fingerprint density at radius 2 is 2.00 bits per heavy atom. The lowest BCUT2D eigenvalue weighted by Crippen LogP contribution is -2.46. The van der Waals surface area contributed by atoms with Gasteiger partial charge in [-0.3, -0.25) is 14.1 Å². The van der Waals surface area contributed by atoms with Crippen LogP contribution in [0.2, 0.25) is 0 Å². The first kappa shape index (κ1) is 17.7. The molecule has 0 spiro atoms. The van der Waals surface area contributed by atoms with Crippen LogP contribution in [-0.2, 0) is 13.0 Å². The average molecular weight is 413 g/mol. The number of thiophene rings is 1. The van der Waals surface area contributed by atoms with Crippen molar-refractivity contribution in [3.8, 4) is 0 Å². The molecule has 0 amide bonds. The highest BCUT2D eigenvalue weighted by atomic mass is 32.1. The van der Waals surface area contributed by atoms with Crippen molar-refractivity contribution in [3.63, 3.8) is 0 Å². The molecule has 1 aliphatic heterocycles. The van der Waals surface area contributed by atoms with E-state index in [2.05, 4.69) is 37.7 Å². The zero-order chi connectivity index (χ0) is 19.1. The van der Waals surface area contributed by atoms with Crippen LogP contribution in [0.3, 0.4) is 0 Å². The maximum Gasteiger partial charge on any atom is 0.258 e. The molecule has 1 saturated heterocycles. The quantitative estimate of drug-likeness (QED) is 0.513. The summed E-state index contributed by atoms with van der Waals surface area (Å²) in [5.41, 5.74) is 0.836. The first-order chi connectivity index (χ1) is 13.7. The second-order valence-corrected chi connectivity index (χ2v) is 8.88. The molecule has 1 aliphatic rings. The predicted octanol–water partition coefficient (Wildman–Crippen LogP) is 2.65. The van der Waals surface area contributed by atoms with Crippen LogP contribution in [0.5, 0.6) is 0 Å². The minimum atomic E-state index is -0.00699. The standard InChI is InChI=1S/C19H20N6OS2/c1-2-14-10-15-17(20-12-21-18(15)28-14)24-5-3-23(4-6-24)11-13-9-16(26)25-7-8-27-19(25)22-13/h7-10,12H,2-6,11H2,1H3. The Kier molecular flexibility index (Phi) is 4.58. The topological polar surface area (TPSA) is 66.6 Å². The Morgan fingerprint density at radius 3 is 2.82 bits per heavy atom. The zero-order valence-electron chi connectivity index (χ0n) is 15.5. The summed E-state index contributed by atoms with van der Waals surface area (Å²) in [7, 11) is 0. The second kappa shape index (κ2) is 7.23. The number of rotatable bonds is 4. The van der Waals surface area contributed by atoms with Gasteiger partial charge in [0.15, 0.2) is 4.96 Å². The molecule has 0 aliphatic carbocycles. The van der Waals surface area contributed by atoms with Gasteiger partial charge in [0, 0.05) is 55.2 Å². The van der Waals surface area contributed by atoms with Crippen molar-refractivity contribution in [2.45, 2.75) is 19.9 Å². The van der Waals surface area contributed by atoms with E-state index in [0.717, 1.165) is 59.3 Å². The molecule has 4 aromatic heterocycles. The molecule has 28 heavy (non-hydrogen) atoms. The summed E-state index contributed by atoms with van der Waals surface area (Å²) in [4.78, 5) is 33.7. The maximum absolute atomic E-state index is 12.2. The van der Waals surface area contributed by atoms with E-state index in [9.17, 15) is 4.79 Å². The van der Waals surface area contributed by atoms with Gasteiger partial charge in [0.05, 0.1) is 11.1 Å². The van der Waals surface area contributed by atoms with Gasteiger partial charge in [0.2, 0.25) is 0 Å². The first-order valence-corrected chi connectivity index (χ1v) is 11.1. The van der Waals surface area contributed by atoms with Gasteiger partial charge in [0.25, 0.3) is 5.56 Å². The van der Waals surface area contributed by atoms with E-state index in [1.54, 1.807) is 34.3 Å². The summed E-state index contributed by atoms with van der Waals surface area (Å²) >= 11 is 3.25. The Bertz CT molecular complexity index is 1190. The van der Waals surface area contributed by atoms with Gasteiger partial charge in [-0.05, 0) is 12.5 Å². The van der Waals surface area contributed by atoms with Crippen LogP contribution in [0, 0.1) is 0 Å². The molecule has 5 heterocycles. The van der Waals surface area contributed by atoms with E-state index < -0.39 is 0 Å². The molecule has 7 nitrogen and oxygen atoms in total. The molecule has 5 rings (SSSR count). The van der Waals surface area contributed by atoms with Crippen LogP contribution in [0.15, 0.2) is 34.8 Å².